The molecule has 2 aliphatic rings. The van der Waals surface area contributed by atoms with Gasteiger partial charge in [0.25, 0.3) is 0 Å². The summed E-state index contributed by atoms with van der Waals surface area (Å²) in [6.45, 7) is 4.14. The van der Waals surface area contributed by atoms with Gasteiger partial charge in [0.1, 0.15) is 6.17 Å². The van der Waals surface area contributed by atoms with Gasteiger partial charge >= 0.3 is 0 Å². The zero-order chi connectivity index (χ0) is 11.3. The molecular weight excluding hydrogens is 200 g/mol. The number of nitrogens with zero attached hydrogens (tertiary/aromatic N) is 4. The Bertz CT molecular complexity index is 503. The lowest BCUT2D eigenvalue weighted by molar-refractivity contribution is 0.753. The van der Waals surface area contributed by atoms with Gasteiger partial charge < -0.3 is 4.90 Å². The fourth-order valence-corrected chi connectivity index (χ4v) is 2.26. The SMILES string of the molecule is CC1=C2N=NC(C)N2c2ccccc2N1C. The van der Waals surface area contributed by atoms with Gasteiger partial charge in [-0.1, -0.05) is 12.1 Å². The van der Waals surface area contributed by atoms with Gasteiger partial charge in [-0.2, -0.15) is 5.11 Å². The third-order valence-corrected chi connectivity index (χ3v) is 3.25. The largest absolute Gasteiger partial charge is 0.343 e. The topological polar surface area (TPSA) is 31.2 Å². The molecule has 1 atom stereocenters. The van der Waals surface area contributed by atoms with Gasteiger partial charge in [-0.15, -0.1) is 5.11 Å². The predicted molar refractivity (Wildman–Crippen MR) is 64.3 cm³/mol. The van der Waals surface area contributed by atoms with E-state index in [1.807, 2.05) is 0 Å². The molecular formula is C12H14N4. The number of allylic oxidation sites excluding steroid dienone is 1. The second kappa shape index (κ2) is 3.07. The van der Waals surface area contributed by atoms with Crippen molar-refractivity contribution in [1.29, 1.82) is 0 Å². The zero-order valence-corrected chi connectivity index (χ0v) is 9.68. The summed E-state index contributed by atoms with van der Waals surface area (Å²) in [5.41, 5.74) is 3.54. The Morgan fingerprint density at radius 1 is 1.19 bits per heavy atom. The van der Waals surface area contributed by atoms with E-state index in [9.17, 15) is 0 Å². The van der Waals surface area contributed by atoms with Crippen molar-refractivity contribution in [1.82, 2.24) is 0 Å². The van der Waals surface area contributed by atoms with E-state index >= 15 is 0 Å². The van der Waals surface area contributed by atoms with Crippen molar-refractivity contribution in [3.8, 4) is 0 Å². The van der Waals surface area contributed by atoms with Gasteiger partial charge in [-0.05, 0) is 26.0 Å². The molecule has 2 heterocycles. The number of benzene rings is 1. The van der Waals surface area contributed by atoms with Crippen LogP contribution >= 0.6 is 0 Å². The summed E-state index contributed by atoms with van der Waals surface area (Å²) in [4.78, 5) is 4.35. The van der Waals surface area contributed by atoms with Crippen LogP contribution in [-0.4, -0.2) is 13.2 Å². The molecule has 0 aromatic heterocycles. The molecule has 0 saturated carbocycles. The Morgan fingerprint density at radius 3 is 2.62 bits per heavy atom. The van der Waals surface area contributed by atoms with Crippen molar-refractivity contribution in [2.24, 2.45) is 10.2 Å². The van der Waals surface area contributed by atoms with Crippen LogP contribution in [0.5, 0.6) is 0 Å². The number of rotatable bonds is 0. The average Bonchev–Trinajstić information content (AvgIpc) is 2.69. The van der Waals surface area contributed by atoms with Gasteiger partial charge in [0.05, 0.1) is 17.1 Å². The van der Waals surface area contributed by atoms with Gasteiger partial charge in [-0.25, -0.2) is 0 Å². The molecule has 1 aromatic rings. The molecule has 3 rings (SSSR count). The van der Waals surface area contributed by atoms with Crippen molar-refractivity contribution in [2.75, 3.05) is 16.8 Å². The maximum Gasteiger partial charge on any atom is 0.176 e. The Balaban J connectivity index is 2.24. The molecule has 16 heavy (non-hydrogen) atoms. The maximum absolute atomic E-state index is 4.26. The summed E-state index contributed by atoms with van der Waals surface area (Å²) in [7, 11) is 2.07. The highest BCUT2D eigenvalue weighted by Crippen LogP contribution is 2.42. The number of para-hydroxylation sites is 2. The first-order valence-electron chi connectivity index (χ1n) is 5.44. The number of fused-ring (bicyclic) bond motifs is 3. The molecule has 2 aliphatic heterocycles. The van der Waals surface area contributed by atoms with Gasteiger partial charge in [-0.3, -0.25) is 4.90 Å². The number of hydrogen-bond donors (Lipinski definition) is 0. The molecule has 4 heteroatoms. The predicted octanol–water partition coefficient (Wildman–Crippen LogP) is 2.94. The van der Waals surface area contributed by atoms with Crippen LogP contribution in [0.3, 0.4) is 0 Å². The zero-order valence-electron chi connectivity index (χ0n) is 9.68. The third kappa shape index (κ3) is 1.04. The van der Waals surface area contributed by atoms with Crippen molar-refractivity contribution >= 4 is 11.4 Å². The van der Waals surface area contributed by atoms with Crippen LogP contribution in [0.15, 0.2) is 46.0 Å². The van der Waals surface area contributed by atoms with Crippen LogP contribution in [0.2, 0.25) is 0 Å². The van der Waals surface area contributed by atoms with E-state index in [-0.39, 0.29) is 6.17 Å². The standard InChI is InChI=1S/C12H14N4/c1-8-12-14-13-9(2)16(12)11-7-5-4-6-10(11)15(8)3/h4-7,9H,1-3H3. The summed E-state index contributed by atoms with van der Waals surface area (Å²) >= 11 is 0. The Kier molecular flexibility index (Phi) is 1.80. The Labute approximate surface area is 94.9 Å². The van der Waals surface area contributed by atoms with E-state index in [1.54, 1.807) is 0 Å². The maximum atomic E-state index is 4.26. The summed E-state index contributed by atoms with van der Waals surface area (Å²) in [5.74, 6) is 0.966. The van der Waals surface area contributed by atoms with Crippen LogP contribution in [0.1, 0.15) is 13.8 Å². The Morgan fingerprint density at radius 2 is 1.88 bits per heavy atom. The molecule has 0 bridgehead atoms. The molecule has 0 spiro atoms. The van der Waals surface area contributed by atoms with Crippen LogP contribution in [-0.2, 0) is 0 Å². The third-order valence-electron chi connectivity index (χ3n) is 3.25. The van der Waals surface area contributed by atoms with Crippen molar-refractivity contribution in [3.63, 3.8) is 0 Å². The minimum Gasteiger partial charge on any atom is -0.343 e. The quantitative estimate of drug-likeness (QED) is 0.665. The van der Waals surface area contributed by atoms with E-state index in [0.717, 1.165) is 11.5 Å². The van der Waals surface area contributed by atoms with Crippen molar-refractivity contribution in [2.45, 2.75) is 20.0 Å². The molecule has 4 nitrogen and oxygen atoms in total. The highest BCUT2D eigenvalue weighted by molar-refractivity contribution is 5.79. The monoisotopic (exact) mass is 214 g/mol. The van der Waals surface area contributed by atoms with E-state index in [2.05, 4.69) is 65.2 Å². The first kappa shape index (κ1) is 9.39. The average molecular weight is 214 g/mol. The van der Waals surface area contributed by atoms with Crippen LogP contribution < -0.4 is 9.80 Å². The molecule has 0 amide bonds. The minimum atomic E-state index is 0.0970. The van der Waals surface area contributed by atoms with E-state index < -0.39 is 0 Å². The summed E-state index contributed by atoms with van der Waals surface area (Å²) < 4.78 is 0. The molecule has 0 saturated heterocycles. The smallest absolute Gasteiger partial charge is 0.176 e. The number of hydrogen-bond acceptors (Lipinski definition) is 4. The molecule has 0 radical (unpaired) electrons. The summed E-state index contributed by atoms with van der Waals surface area (Å²) in [5, 5.41) is 8.49. The van der Waals surface area contributed by atoms with Crippen molar-refractivity contribution in [3.05, 3.63) is 35.8 Å². The lowest BCUT2D eigenvalue weighted by atomic mass is 10.1. The molecule has 82 valence electrons. The van der Waals surface area contributed by atoms with Crippen LogP contribution in [0.4, 0.5) is 11.4 Å². The van der Waals surface area contributed by atoms with E-state index in [0.29, 0.717) is 0 Å². The fraction of sp³-hybridized carbons (Fsp3) is 0.333. The normalized spacial score (nSPS) is 22.6. The fourth-order valence-electron chi connectivity index (χ4n) is 2.26. The molecule has 1 aromatic carbocycles. The molecule has 0 N–H and O–H groups in total. The molecule has 0 fully saturated rings. The van der Waals surface area contributed by atoms with Crippen molar-refractivity contribution < 1.29 is 0 Å². The second-order valence-electron chi connectivity index (χ2n) is 4.17. The Hall–Kier alpha value is -1.84. The molecule has 1 unspecified atom stereocenters. The summed E-state index contributed by atoms with van der Waals surface area (Å²) in [6.07, 6.45) is 0.0970. The van der Waals surface area contributed by atoms with Crippen LogP contribution in [0, 0.1) is 0 Å². The minimum absolute atomic E-state index is 0.0970. The summed E-state index contributed by atoms with van der Waals surface area (Å²) in [6, 6.07) is 8.35. The first-order valence-corrected chi connectivity index (χ1v) is 5.44. The number of azo groups is 1. The lowest BCUT2D eigenvalue weighted by Gasteiger charge is -2.35. The highest BCUT2D eigenvalue weighted by Gasteiger charge is 2.33. The van der Waals surface area contributed by atoms with Crippen LogP contribution in [0.25, 0.3) is 0 Å². The van der Waals surface area contributed by atoms with E-state index in [4.69, 9.17) is 0 Å². The van der Waals surface area contributed by atoms with Gasteiger partial charge in [0, 0.05) is 7.05 Å². The highest BCUT2D eigenvalue weighted by atomic mass is 15.5. The van der Waals surface area contributed by atoms with Gasteiger partial charge in [0.2, 0.25) is 0 Å². The molecule has 0 aliphatic carbocycles. The lowest BCUT2D eigenvalue weighted by Crippen LogP contribution is -2.34. The first-order chi connectivity index (χ1) is 7.70. The second-order valence-corrected chi connectivity index (χ2v) is 4.17. The van der Waals surface area contributed by atoms with Gasteiger partial charge in [0.15, 0.2) is 5.82 Å². The van der Waals surface area contributed by atoms with E-state index in [1.165, 1.54) is 11.4 Å². The number of anilines is 2.